The largest absolute Gasteiger partial charge is 0.573 e. The molecule has 0 radical (unpaired) electrons. The molecule has 0 saturated carbocycles. The van der Waals surface area contributed by atoms with Gasteiger partial charge in [-0.05, 0) is 23.8 Å². The van der Waals surface area contributed by atoms with Crippen molar-refractivity contribution in [2.24, 2.45) is 0 Å². The fraction of sp³-hybridized carbons (Fsp3) is 0.154. The summed E-state index contributed by atoms with van der Waals surface area (Å²) in [5, 5.41) is 8.95. The zero-order valence-electron chi connectivity index (χ0n) is 10.2. The summed E-state index contributed by atoms with van der Waals surface area (Å²) in [6, 6.07) is 6.89. The molecular weight excluding hydrogens is 273 g/mol. The molecule has 0 amide bonds. The number of nitrogens with two attached hydrogens (primary N) is 1. The smallest absolute Gasteiger partial charge is 0.406 e. The van der Waals surface area contributed by atoms with Crippen molar-refractivity contribution in [3.8, 4) is 17.0 Å². The van der Waals surface area contributed by atoms with Crippen molar-refractivity contribution in [1.29, 1.82) is 0 Å². The van der Waals surface area contributed by atoms with Crippen molar-refractivity contribution in [3.63, 3.8) is 0 Å². The second-order valence-electron chi connectivity index (χ2n) is 4.02. The van der Waals surface area contributed by atoms with Gasteiger partial charge in [-0.1, -0.05) is 12.1 Å². The van der Waals surface area contributed by atoms with Crippen LogP contribution in [0.15, 0.2) is 36.5 Å². The second kappa shape index (κ2) is 5.38. The molecule has 0 aliphatic heterocycles. The third kappa shape index (κ3) is 3.39. The number of anilines is 1. The average molecular weight is 284 g/mol. The highest BCUT2D eigenvalue weighted by molar-refractivity contribution is 5.73. The Morgan fingerprint density at radius 2 is 2.00 bits per heavy atom. The predicted molar refractivity (Wildman–Crippen MR) is 66.7 cm³/mol. The molecule has 20 heavy (non-hydrogen) atoms. The van der Waals surface area contributed by atoms with Crippen LogP contribution in [-0.2, 0) is 6.61 Å². The molecular formula is C13H11F3N2O2. The molecule has 2 rings (SSSR count). The Kier molecular flexibility index (Phi) is 3.80. The number of alkyl halides is 3. The first-order valence-electron chi connectivity index (χ1n) is 5.60. The van der Waals surface area contributed by atoms with Gasteiger partial charge in [-0.25, -0.2) is 0 Å². The fourth-order valence-corrected chi connectivity index (χ4v) is 1.70. The Morgan fingerprint density at radius 1 is 1.25 bits per heavy atom. The van der Waals surface area contributed by atoms with Crippen molar-refractivity contribution in [2.75, 3.05) is 5.73 Å². The van der Waals surface area contributed by atoms with Gasteiger partial charge in [0.2, 0.25) is 0 Å². The van der Waals surface area contributed by atoms with Crippen molar-refractivity contribution in [2.45, 2.75) is 13.0 Å². The van der Waals surface area contributed by atoms with E-state index in [2.05, 4.69) is 9.72 Å². The highest BCUT2D eigenvalue weighted by Crippen LogP contribution is 2.29. The minimum atomic E-state index is -4.75. The maximum atomic E-state index is 12.2. The molecule has 0 aliphatic rings. The van der Waals surface area contributed by atoms with Gasteiger partial charge in [0.05, 0.1) is 18.0 Å². The molecule has 0 saturated heterocycles. The van der Waals surface area contributed by atoms with Gasteiger partial charge in [0.1, 0.15) is 5.75 Å². The van der Waals surface area contributed by atoms with Crippen LogP contribution >= 0.6 is 0 Å². The van der Waals surface area contributed by atoms with Crippen molar-refractivity contribution >= 4 is 5.69 Å². The van der Waals surface area contributed by atoms with Gasteiger partial charge in [0, 0.05) is 11.8 Å². The Balaban J connectivity index is 2.36. The summed E-state index contributed by atoms with van der Waals surface area (Å²) in [6.45, 7) is -0.214. The number of ether oxygens (including phenoxy) is 1. The van der Waals surface area contributed by atoms with Crippen LogP contribution in [0, 0.1) is 0 Å². The Bertz CT molecular complexity index is 615. The summed E-state index contributed by atoms with van der Waals surface area (Å²) in [5.74, 6) is -0.345. The number of aliphatic hydroxyl groups is 1. The number of pyridine rings is 1. The number of hydrogen-bond acceptors (Lipinski definition) is 4. The Labute approximate surface area is 112 Å². The number of aromatic nitrogens is 1. The molecule has 0 atom stereocenters. The topological polar surface area (TPSA) is 68.4 Å². The molecule has 3 N–H and O–H groups in total. The molecule has 0 aliphatic carbocycles. The van der Waals surface area contributed by atoms with Crippen molar-refractivity contribution < 1.29 is 23.0 Å². The standard InChI is InChI=1S/C13H11F3N2O2/c14-13(15,16)20-10-3-1-2-9(5-10)12-11(17)4-8(7-19)6-18-12/h1-6,19H,7,17H2. The van der Waals surface area contributed by atoms with E-state index < -0.39 is 6.36 Å². The second-order valence-corrected chi connectivity index (χ2v) is 4.02. The highest BCUT2D eigenvalue weighted by Gasteiger charge is 2.31. The lowest BCUT2D eigenvalue weighted by Crippen LogP contribution is -2.17. The van der Waals surface area contributed by atoms with E-state index >= 15 is 0 Å². The van der Waals surface area contributed by atoms with Crippen LogP contribution < -0.4 is 10.5 Å². The van der Waals surface area contributed by atoms with E-state index in [0.717, 1.165) is 0 Å². The number of hydrogen-bond donors (Lipinski definition) is 2. The number of nitrogen functional groups attached to an aromatic ring is 1. The van der Waals surface area contributed by atoms with E-state index in [1.807, 2.05) is 0 Å². The van der Waals surface area contributed by atoms with Crippen molar-refractivity contribution in [3.05, 3.63) is 42.1 Å². The number of rotatable bonds is 3. The minimum absolute atomic E-state index is 0.214. The molecule has 106 valence electrons. The normalized spacial score (nSPS) is 11.4. The van der Waals surface area contributed by atoms with Crippen LogP contribution in [0.1, 0.15) is 5.56 Å². The lowest BCUT2D eigenvalue weighted by molar-refractivity contribution is -0.274. The molecule has 7 heteroatoms. The first-order valence-corrected chi connectivity index (χ1v) is 5.60. The maximum Gasteiger partial charge on any atom is 0.573 e. The number of halogens is 3. The zero-order chi connectivity index (χ0) is 14.8. The van der Waals surface area contributed by atoms with Gasteiger partial charge < -0.3 is 15.6 Å². The van der Waals surface area contributed by atoms with E-state index in [4.69, 9.17) is 10.8 Å². The molecule has 0 spiro atoms. The molecule has 0 bridgehead atoms. The number of nitrogens with zero attached hydrogens (tertiary/aromatic N) is 1. The first-order chi connectivity index (χ1) is 9.39. The van der Waals surface area contributed by atoms with Crippen LogP contribution in [0.3, 0.4) is 0 Å². The highest BCUT2D eigenvalue weighted by atomic mass is 19.4. The van der Waals surface area contributed by atoms with Crippen LogP contribution in [0.4, 0.5) is 18.9 Å². The van der Waals surface area contributed by atoms with Gasteiger partial charge in [0.15, 0.2) is 0 Å². The summed E-state index contributed by atoms with van der Waals surface area (Å²) in [4.78, 5) is 4.04. The van der Waals surface area contributed by atoms with E-state index in [1.165, 1.54) is 30.5 Å². The molecule has 2 aromatic rings. The van der Waals surface area contributed by atoms with E-state index in [9.17, 15) is 13.2 Å². The Morgan fingerprint density at radius 3 is 2.60 bits per heavy atom. The molecule has 1 heterocycles. The molecule has 0 fully saturated rings. The summed E-state index contributed by atoms with van der Waals surface area (Å²) < 4.78 is 40.3. The van der Waals surface area contributed by atoms with E-state index in [1.54, 1.807) is 6.07 Å². The first kappa shape index (κ1) is 14.1. The molecule has 1 aromatic heterocycles. The zero-order valence-corrected chi connectivity index (χ0v) is 10.2. The van der Waals surface area contributed by atoms with Gasteiger partial charge in [-0.2, -0.15) is 0 Å². The summed E-state index contributed by atoms with van der Waals surface area (Å²) in [5.41, 5.74) is 7.28. The predicted octanol–water partition coefficient (Wildman–Crippen LogP) is 2.72. The molecule has 4 nitrogen and oxygen atoms in total. The summed E-state index contributed by atoms with van der Waals surface area (Å²) in [7, 11) is 0. The van der Waals surface area contributed by atoms with Crippen LogP contribution in [-0.4, -0.2) is 16.5 Å². The minimum Gasteiger partial charge on any atom is -0.406 e. The molecule has 0 unspecified atom stereocenters. The SMILES string of the molecule is Nc1cc(CO)cnc1-c1cccc(OC(F)(F)F)c1. The maximum absolute atomic E-state index is 12.2. The lowest BCUT2D eigenvalue weighted by atomic mass is 10.1. The van der Waals surface area contributed by atoms with Crippen LogP contribution in [0.5, 0.6) is 5.75 Å². The summed E-state index contributed by atoms with van der Waals surface area (Å²) >= 11 is 0. The average Bonchev–Trinajstić information content (AvgIpc) is 2.36. The monoisotopic (exact) mass is 284 g/mol. The quantitative estimate of drug-likeness (QED) is 0.909. The van der Waals surface area contributed by atoms with Gasteiger partial charge in [-0.15, -0.1) is 13.2 Å². The van der Waals surface area contributed by atoms with Crippen LogP contribution in [0.2, 0.25) is 0 Å². The van der Waals surface area contributed by atoms with Gasteiger partial charge >= 0.3 is 6.36 Å². The van der Waals surface area contributed by atoms with Crippen molar-refractivity contribution in [1.82, 2.24) is 4.98 Å². The number of aliphatic hydroxyl groups excluding tert-OH is 1. The van der Waals surface area contributed by atoms with E-state index in [0.29, 0.717) is 16.8 Å². The summed E-state index contributed by atoms with van der Waals surface area (Å²) in [6.07, 6.45) is -3.35. The third-order valence-corrected chi connectivity index (χ3v) is 2.50. The molecule has 1 aromatic carbocycles. The third-order valence-electron chi connectivity index (χ3n) is 2.50. The van der Waals surface area contributed by atoms with Gasteiger partial charge in [0.25, 0.3) is 0 Å². The van der Waals surface area contributed by atoms with E-state index in [-0.39, 0.29) is 18.0 Å². The number of benzene rings is 1. The lowest BCUT2D eigenvalue weighted by Gasteiger charge is -2.11. The fourth-order valence-electron chi connectivity index (χ4n) is 1.70. The van der Waals surface area contributed by atoms with Crippen LogP contribution in [0.25, 0.3) is 11.3 Å². The Hall–Kier alpha value is -2.28. The van der Waals surface area contributed by atoms with Gasteiger partial charge in [-0.3, -0.25) is 4.98 Å².